The first-order valence-corrected chi connectivity index (χ1v) is 9.08. The Morgan fingerprint density at radius 3 is 2.43 bits per heavy atom. The van der Waals surface area contributed by atoms with E-state index in [4.69, 9.17) is 20.8 Å². The lowest BCUT2D eigenvalue weighted by molar-refractivity contribution is -0.121. The molecule has 2 amide bonds. The highest BCUT2D eigenvalue weighted by molar-refractivity contribution is 6.30. The summed E-state index contributed by atoms with van der Waals surface area (Å²) in [6, 6.07) is 19.7. The predicted molar refractivity (Wildman–Crippen MR) is 105 cm³/mol. The first kappa shape index (κ1) is 19.5. The van der Waals surface area contributed by atoms with Crippen LogP contribution in [0.3, 0.4) is 0 Å². The summed E-state index contributed by atoms with van der Waals surface area (Å²) in [5, 5.41) is 0.646. The number of carbonyl (C=O) groups excluding carboxylic acids is 2. The number of aryl methyl sites for hydroxylation is 1. The Morgan fingerprint density at radius 2 is 1.68 bits per heavy atom. The molecular formula is C21H19ClN2O4. The van der Waals surface area contributed by atoms with E-state index in [1.165, 1.54) is 6.07 Å². The Hall–Kier alpha value is -3.25. The van der Waals surface area contributed by atoms with Crippen LogP contribution in [0, 0.1) is 0 Å². The molecule has 0 bridgehead atoms. The number of benzene rings is 2. The Balaban J connectivity index is 1.41. The predicted octanol–water partition coefficient (Wildman–Crippen LogP) is 3.91. The number of hydrazine groups is 1. The summed E-state index contributed by atoms with van der Waals surface area (Å²) < 4.78 is 11.0. The maximum absolute atomic E-state index is 12.1. The van der Waals surface area contributed by atoms with Gasteiger partial charge in [0.25, 0.3) is 0 Å². The molecule has 1 aromatic heterocycles. The van der Waals surface area contributed by atoms with Gasteiger partial charge in [0.05, 0.1) is 0 Å². The van der Waals surface area contributed by atoms with Gasteiger partial charge in [-0.3, -0.25) is 20.4 Å². The van der Waals surface area contributed by atoms with Crippen LogP contribution in [-0.4, -0.2) is 11.8 Å². The smallest absolute Gasteiger partial charge is 0.305 e. The van der Waals surface area contributed by atoms with E-state index in [0.717, 1.165) is 5.56 Å². The third-order valence-corrected chi connectivity index (χ3v) is 4.13. The van der Waals surface area contributed by atoms with E-state index in [0.29, 0.717) is 23.0 Å². The number of rotatable bonds is 7. The van der Waals surface area contributed by atoms with Gasteiger partial charge in [-0.25, -0.2) is 0 Å². The van der Waals surface area contributed by atoms with Crippen LogP contribution >= 0.6 is 11.6 Å². The normalized spacial score (nSPS) is 10.3. The molecular weight excluding hydrogens is 380 g/mol. The lowest BCUT2D eigenvalue weighted by Crippen LogP contribution is -2.41. The number of ether oxygens (including phenoxy) is 1. The zero-order chi connectivity index (χ0) is 19.8. The molecule has 6 nitrogen and oxygen atoms in total. The van der Waals surface area contributed by atoms with Gasteiger partial charge in [-0.05, 0) is 48.4 Å². The van der Waals surface area contributed by atoms with Crippen molar-refractivity contribution in [2.75, 3.05) is 0 Å². The Kier molecular flexibility index (Phi) is 6.70. The molecule has 0 unspecified atom stereocenters. The first-order valence-electron chi connectivity index (χ1n) is 8.70. The van der Waals surface area contributed by atoms with Crippen molar-refractivity contribution in [3.63, 3.8) is 0 Å². The van der Waals surface area contributed by atoms with Crippen molar-refractivity contribution >= 4 is 23.4 Å². The summed E-state index contributed by atoms with van der Waals surface area (Å²) in [4.78, 5) is 24.0. The number of hydrogen-bond donors (Lipinski definition) is 2. The van der Waals surface area contributed by atoms with E-state index >= 15 is 0 Å². The van der Waals surface area contributed by atoms with E-state index < -0.39 is 5.91 Å². The first-order chi connectivity index (χ1) is 13.6. The fourth-order valence-corrected chi connectivity index (χ4v) is 2.53. The Morgan fingerprint density at radius 1 is 0.929 bits per heavy atom. The van der Waals surface area contributed by atoms with Crippen molar-refractivity contribution in [3.8, 4) is 5.75 Å². The highest BCUT2D eigenvalue weighted by Crippen LogP contribution is 2.14. The topological polar surface area (TPSA) is 80.6 Å². The second-order valence-electron chi connectivity index (χ2n) is 6.00. The van der Waals surface area contributed by atoms with Crippen LogP contribution in [0.5, 0.6) is 5.75 Å². The number of halogens is 1. The molecule has 0 aliphatic carbocycles. The summed E-state index contributed by atoms with van der Waals surface area (Å²) in [5.41, 5.74) is 5.70. The molecule has 0 saturated carbocycles. The highest BCUT2D eigenvalue weighted by atomic mass is 35.5. The molecule has 28 heavy (non-hydrogen) atoms. The molecule has 3 aromatic rings. The SMILES string of the molecule is O=C(CCc1ccc(Cl)cc1)NNC(=O)c1ccc(COc2ccccc2)o1. The maximum atomic E-state index is 12.1. The van der Waals surface area contributed by atoms with Crippen molar-refractivity contribution in [1.29, 1.82) is 0 Å². The van der Waals surface area contributed by atoms with Gasteiger partial charge in [-0.2, -0.15) is 0 Å². The van der Waals surface area contributed by atoms with Gasteiger partial charge < -0.3 is 9.15 Å². The Bertz CT molecular complexity index is 923. The van der Waals surface area contributed by atoms with Gasteiger partial charge in [0.15, 0.2) is 5.76 Å². The van der Waals surface area contributed by atoms with E-state index in [1.54, 1.807) is 18.2 Å². The van der Waals surface area contributed by atoms with Gasteiger partial charge in [0.2, 0.25) is 5.91 Å². The molecule has 2 aromatic carbocycles. The third-order valence-electron chi connectivity index (χ3n) is 3.88. The van der Waals surface area contributed by atoms with Crippen LogP contribution < -0.4 is 15.6 Å². The van der Waals surface area contributed by atoms with E-state index in [-0.39, 0.29) is 24.7 Å². The minimum Gasteiger partial charge on any atom is -0.486 e. The third kappa shape index (κ3) is 5.89. The van der Waals surface area contributed by atoms with Gasteiger partial charge in [0, 0.05) is 11.4 Å². The summed E-state index contributed by atoms with van der Waals surface area (Å²) in [6.07, 6.45) is 0.775. The second kappa shape index (κ2) is 9.62. The molecule has 0 saturated heterocycles. The number of amides is 2. The molecule has 2 N–H and O–H groups in total. The minimum atomic E-state index is -0.536. The molecule has 7 heteroatoms. The van der Waals surface area contributed by atoms with Crippen molar-refractivity contribution in [2.45, 2.75) is 19.4 Å². The molecule has 0 radical (unpaired) electrons. The Labute approximate surface area is 167 Å². The van der Waals surface area contributed by atoms with E-state index in [1.807, 2.05) is 42.5 Å². The monoisotopic (exact) mass is 398 g/mol. The van der Waals surface area contributed by atoms with Gasteiger partial charge in [-0.1, -0.05) is 41.9 Å². The van der Waals surface area contributed by atoms with Crippen LogP contribution in [0.4, 0.5) is 0 Å². The number of nitrogens with one attached hydrogen (secondary N) is 2. The van der Waals surface area contributed by atoms with Gasteiger partial charge >= 0.3 is 5.91 Å². The molecule has 3 rings (SSSR count). The van der Waals surface area contributed by atoms with Crippen molar-refractivity contribution < 1.29 is 18.7 Å². The molecule has 144 valence electrons. The standard InChI is InChI=1S/C21H19ClN2O4/c22-16-9-6-15(7-10-16)8-13-20(25)23-24-21(26)19-12-11-18(28-19)14-27-17-4-2-1-3-5-17/h1-7,9-12H,8,13-14H2,(H,23,25)(H,24,26). The number of hydrogen-bond acceptors (Lipinski definition) is 4. The van der Waals surface area contributed by atoms with Crippen molar-refractivity contribution in [1.82, 2.24) is 10.9 Å². The summed E-state index contributed by atoms with van der Waals surface area (Å²) in [5.74, 6) is 0.457. The fraction of sp³-hybridized carbons (Fsp3) is 0.143. The molecule has 0 aliphatic rings. The zero-order valence-electron chi connectivity index (χ0n) is 15.0. The van der Waals surface area contributed by atoms with Gasteiger partial charge in [-0.15, -0.1) is 0 Å². The number of furan rings is 1. The lowest BCUT2D eigenvalue weighted by Gasteiger charge is -2.06. The molecule has 1 heterocycles. The fourth-order valence-electron chi connectivity index (χ4n) is 2.41. The summed E-state index contributed by atoms with van der Waals surface area (Å²) in [7, 11) is 0. The van der Waals surface area contributed by atoms with E-state index in [9.17, 15) is 9.59 Å². The zero-order valence-corrected chi connectivity index (χ0v) is 15.7. The average Bonchev–Trinajstić information content (AvgIpc) is 3.20. The number of para-hydroxylation sites is 1. The van der Waals surface area contributed by atoms with E-state index in [2.05, 4.69) is 10.9 Å². The summed E-state index contributed by atoms with van der Waals surface area (Å²) >= 11 is 5.83. The largest absolute Gasteiger partial charge is 0.486 e. The van der Waals surface area contributed by atoms with Crippen LogP contribution in [0.15, 0.2) is 71.1 Å². The summed E-state index contributed by atoms with van der Waals surface area (Å²) in [6.45, 7) is 0.199. The minimum absolute atomic E-state index is 0.0877. The lowest BCUT2D eigenvalue weighted by atomic mass is 10.1. The van der Waals surface area contributed by atoms with Crippen molar-refractivity contribution in [2.24, 2.45) is 0 Å². The molecule has 0 atom stereocenters. The van der Waals surface area contributed by atoms with Crippen molar-refractivity contribution in [3.05, 3.63) is 88.8 Å². The molecule has 0 spiro atoms. The van der Waals surface area contributed by atoms with Crippen LogP contribution in [0.1, 0.15) is 28.3 Å². The van der Waals surface area contributed by atoms with Crippen LogP contribution in [-0.2, 0) is 17.8 Å². The molecule has 0 fully saturated rings. The average molecular weight is 399 g/mol. The maximum Gasteiger partial charge on any atom is 0.305 e. The van der Waals surface area contributed by atoms with Crippen LogP contribution in [0.25, 0.3) is 0 Å². The van der Waals surface area contributed by atoms with Crippen LogP contribution in [0.2, 0.25) is 5.02 Å². The second-order valence-corrected chi connectivity index (χ2v) is 6.43. The quantitative estimate of drug-likeness (QED) is 0.591. The molecule has 0 aliphatic heterocycles. The number of carbonyl (C=O) groups is 2. The highest BCUT2D eigenvalue weighted by Gasteiger charge is 2.12. The van der Waals surface area contributed by atoms with Gasteiger partial charge in [0.1, 0.15) is 18.1 Å².